The largest absolute Gasteiger partial charge is 0.337 e. The van der Waals surface area contributed by atoms with E-state index in [9.17, 15) is 4.79 Å². The molecule has 0 radical (unpaired) electrons. The van der Waals surface area contributed by atoms with E-state index in [0.717, 1.165) is 62.5 Å². The molecule has 26 heavy (non-hydrogen) atoms. The van der Waals surface area contributed by atoms with Crippen LogP contribution in [0.15, 0.2) is 36.4 Å². The smallest absolute Gasteiger partial charge is 0.253 e. The van der Waals surface area contributed by atoms with Crippen LogP contribution in [0.5, 0.6) is 0 Å². The van der Waals surface area contributed by atoms with Crippen LogP contribution in [0.25, 0.3) is 0 Å². The monoisotopic (exact) mass is 351 g/mol. The van der Waals surface area contributed by atoms with Crippen molar-refractivity contribution in [1.29, 1.82) is 0 Å². The number of benzene rings is 1. The van der Waals surface area contributed by atoms with Gasteiger partial charge in [-0.05, 0) is 69.1 Å². The summed E-state index contributed by atoms with van der Waals surface area (Å²) in [6, 6.07) is 12.2. The van der Waals surface area contributed by atoms with Gasteiger partial charge in [-0.2, -0.15) is 0 Å². The molecule has 1 aliphatic heterocycles. The van der Waals surface area contributed by atoms with Crippen molar-refractivity contribution in [2.75, 3.05) is 32.7 Å². The summed E-state index contributed by atoms with van der Waals surface area (Å²) in [6.07, 6.45) is 1.99. The molecule has 1 amide bonds. The molecule has 138 valence electrons. The Balaban J connectivity index is 1.55. The molecule has 0 saturated carbocycles. The first-order valence-corrected chi connectivity index (χ1v) is 9.54. The lowest BCUT2D eigenvalue weighted by Gasteiger charge is -2.22. The summed E-state index contributed by atoms with van der Waals surface area (Å²) in [7, 11) is 0. The average molecular weight is 351 g/mol. The van der Waals surface area contributed by atoms with Crippen LogP contribution in [-0.4, -0.2) is 53.4 Å². The van der Waals surface area contributed by atoms with E-state index in [-0.39, 0.29) is 5.91 Å². The minimum atomic E-state index is 0.162. The lowest BCUT2D eigenvalue weighted by Crippen LogP contribution is -2.35. The van der Waals surface area contributed by atoms with Crippen molar-refractivity contribution in [1.82, 2.24) is 14.8 Å². The van der Waals surface area contributed by atoms with Gasteiger partial charge in [0.25, 0.3) is 5.91 Å². The summed E-state index contributed by atoms with van der Waals surface area (Å²) < 4.78 is 0. The van der Waals surface area contributed by atoms with Gasteiger partial charge in [-0.1, -0.05) is 12.1 Å². The highest BCUT2D eigenvalue weighted by Crippen LogP contribution is 2.14. The Hall–Kier alpha value is -2.20. The Kier molecular flexibility index (Phi) is 6.04. The lowest BCUT2D eigenvalue weighted by atomic mass is 10.1. The highest BCUT2D eigenvalue weighted by Gasteiger charge is 2.20. The average Bonchev–Trinajstić information content (AvgIpc) is 2.87. The van der Waals surface area contributed by atoms with E-state index in [1.807, 2.05) is 36.1 Å². The molecule has 0 aliphatic carbocycles. The predicted octanol–water partition coefficient (Wildman–Crippen LogP) is 3.40. The van der Waals surface area contributed by atoms with Crippen LogP contribution >= 0.6 is 0 Å². The van der Waals surface area contributed by atoms with Crippen molar-refractivity contribution in [3.63, 3.8) is 0 Å². The topological polar surface area (TPSA) is 36.4 Å². The van der Waals surface area contributed by atoms with Crippen molar-refractivity contribution < 1.29 is 4.79 Å². The van der Waals surface area contributed by atoms with E-state index in [0.29, 0.717) is 0 Å². The number of amides is 1. The third kappa shape index (κ3) is 4.70. The molecule has 3 rings (SSSR count). The molecular formula is C22H29N3O. The first-order valence-electron chi connectivity index (χ1n) is 9.54. The van der Waals surface area contributed by atoms with Gasteiger partial charge >= 0.3 is 0 Å². The van der Waals surface area contributed by atoms with Crippen molar-refractivity contribution in [2.24, 2.45) is 0 Å². The van der Waals surface area contributed by atoms with Crippen molar-refractivity contribution in [2.45, 2.75) is 33.6 Å². The summed E-state index contributed by atoms with van der Waals surface area (Å²) in [4.78, 5) is 21.9. The third-order valence-electron chi connectivity index (χ3n) is 5.26. The highest BCUT2D eigenvalue weighted by molar-refractivity contribution is 5.94. The molecule has 2 heterocycles. The molecule has 1 aliphatic rings. The van der Waals surface area contributed by atoms with Crippen LogP contribution < -0.4 is 0 Å². The van der Waals surface area contributed by atoms with Gasteiger partial charge in [-0.3, -0.25) is 9.78 Å². The number of nitrogens with zero attached hydrogens (tertiary/aromatic N) is 3. The number of carbonyl (C=O) groups is 1. The molecule has 1 aromatic heterocycles. The fourth-order valence-corrected chi connectivity index (χ4v) is 3.47. The summed E-state index contributed by atoms with van der Waals surface area (Å²) in [5.41, 5.74) is 5.44. The van der Waals surface area contributed by atoms with Crippen molar-refractivity contribution >= 4 is 5.91 Å². The fourth-order valence-electron chi connectivity index (χ4n) is 3.47. The third-order valence-corrected chi connectivity index (χ3v) is 5.26. The van der Waals surface area contributed by atoms with E-state index in [2.05, 4.69) is 35.9 Å². The van der Waals surface area contributed by atoms with Gasteiger partial charge in [0, 0.05) is 49.6 Å². The molecular weight excluding hydrogens is 322 g/mol. The van der Waals surface area contributed by atoms with E-state index < -0.39 is 0 Å². The van der Waals surface area contributed by atoms with Gasteiger partial charge in [-0.15, -0.1) is 0 Å². The van der Waals surface area contributed by atoms with Crippen LogP contribution in [0.4, 0.5) is 0 Å². The SMILES string of the molecule is Cc1cccc(CCN2CCCN(C(=O)c3ccc(C)c(C)c3)CC2)n1. The molecule has 1 fully saturated rings. The molecule has 4 heteroatoms. The van der Waals surface area contributed by atoms with Gasteiger partial charge in [0.1, 0.15) is 0 Å². The molecule has 0 unspecified atom stereocenters. The minimum absolute atomic E-state index is 0.162. The maximum Gasteiger partial charge on any atom is 0.253 e. The predicted molar refractivity (Wildman–Crippen MR) is 106 cm³/mol. The number of hydrogen-bond donors (Lipinski definition) is 0. The molecule has 4 nitrogen and oxygen atoms in total. The van der Waals surface area contributed by atoms with E-state index in [1.54, 1.807) is 0 Å². The van der Waals surface area contributed by atoms with Crippen LogP contribution in [-0.2, 0) is 6.42 Å². The van der Waals surface area contributed by atoms with E-state index in [4.69, 9.17) is 0 Å². The fraction of sp³-hybridized carbons (Fsp3) is 0.455. The lowest BCUT2D eigenvalue weighted by molar-refractivity contribution is 0.0761. The van der Waals surface area contributed by atoms with E-state index in [1.165, 1.54) is 11.1 Å². The number of aromatic nitrogens is 1. The number of pyridine rings is 1. The van der Waals surface area contributed by atoms with Gasteiger partial charge < -0.3 is 9.80 Å². The van der Waals surface area contributed by atoms with Crippen molar-refractivity contribution in [3.8, 4) is 0 Å². The van der Waals surface area contributed by atoms with Crippen molar-refractivity contribution in [3.05, 3.63) is 64.5 Å². The standard InChI is InChI=1S/C22H29N3O/c1-17-8-9-20(16-18(17)2)22(26)25-12-5-11-24(14-15-25)13-10-21-7-4-6-19(3)23-21/h4,6-9,16H,5,10-15H2,1-3H3. The molecule has 0 bridgehead atoms. The van der Waals surface area contributed by atoms with Crippen LogP contribution in [0.2, 0.25) is 0 Å². The van der Waals surface area contributed by atoms with Gasteiger partial charge in [-0.25, -0.2) is 0 Å². The normalized spacial score (nSPS) is 15.7. The Labute approximate surface area is 156 Å². The summed E-state index contributed by atoms with van der Waals surface area (Å²) in [6.45, 7) is 10.8. The van der Waals surface area contributed by atoms with E-state index >= 15 is 0 Å². The summed E-state index contributed by atoms with van der Waals surface area (Å²) in [5.74, 6) is 0.162. The first kappa shape index (κ1) is 18.6. The molecule has 0 atom stereocenters. The summed E-state index contributed by atoms with van der Waals surface area (Å²) in [5, 5.41) is 0. The quantitative estimate of drug-likeness (QED) is 0.847. The van der Waals surface area contributed by atoms with Gasteiger partial charge in [0.05, 0.1) is 0 Å². The summed E-state index contributed by atoms with van der Waals surface area (Å²) >= 11 is 0. The second-order valence-electron chi connectivity index (χ2n) is 7.31. The van der Waals surface area contributed by atoms with Gasteiger partial charge in [0.15, 0.2) is 0 Å². The Morgan fingerprint density at radius 3 is 2.62 bits per heavy atom. The number of hydrogen-bond acceptors (Lipinski definition) is 3. The first-order chi connectivity index (χ1) is 12.5. The molecule has 1 aromatic carbocycles. The second-order valence-corrected chi connectivity index (χ2v) is 7.31. The molecule has 0 N–H and O–H groups in total. The van der Waals surface area contributed by atoms with Crippen LogP contribution in [0.3, 0.4) is 0 Å². The minimum Gasteiger partial charge on any atom is -0.337 e. The number of carbonyl (C=O) groups excluding carboxylic acids is 1. The Morgan fingerprint density at radius 2 is 1.85 bits per heavy atom. The zero-order valence-electron chi connectivity index (χ0n) is 16.2. The van der Waals surface area contributed by atoms with Crippen LogP contribution in [0.1, 0.15) is 39.3 Å². The highest BCUT2D eigenvalue weighted by atomic mass is 16.2. The molecule has 2 aromatic rings. The maximum absolute atomic E-state index is 12.8. The number of aryl methyl sites for hydroxylation is 3. The Morgan fingerprint density at radius 1 is 1.00 bits per heavy atom. The zero-order valence-corrected chi connectivity index (χ0v) is 16.2. The van der Waals surface area contributed by atoms with Crippen LogP contribution in [0, 0.1) is 20.8 Å². The molecule has 0 spiro atoms. The second kappa shape index (κ2) is 8.45. The molecule has 1 saturated heterocycles. The Bertz CT molecular complexity index is 772. The zero-order chi connectivity index (χ0) is 18.5. The maximum atomic E-state index is 12.8. The number of rotatable bonds is 4. The van der Waals surface area contributed by atoms with Gasteiger partial charge in [0.2, 0.25) is 0 Å².